The number of benzene rings is 9. The summed E-state index contributed by atoms with van der Waals surface area (Å²) in [4.78, 5) is 0. The molecule has 198 valence electrons. The first-order valence-corrected chi connectivity index (χ1v) is 14.9. The van der Waals surface area contributed by atoms with Crippen LogP contribution in [-0.4, -0.2) is 0 Å². The normalized spacial score (nSPS) is 12.2. The van der Waals surface area contributed by atoms with E-state index in [0.29, 0.717) is 0 Å². The number of hydrogen-bond acceptors (Lipinski definition) is 1. The Labute approximate surface area is 247 Å². The fraction of sp³-hybridized carbons (Fsp3) is 0. The van der Waals surface area contributed by atoms with Crippen molar-refractivity contribution in [3.8, 4) is 11.1 Å². The van der Waals surface area contributed by atoms with Crippen LogP contribution in [0.1, 0.15) is 0 Å². The molecular weight excluding hydrogens is 520 g/mol. The Bertz CT molecular complexity index is 2780. The van der Waals surface area contributed by atoms with E-state index in [1.807, 2.05) is 0 Å². The average molecular weight is 545 g/mol. The van der Waals surface area contributed by atoms with E-state index in [-0.39, 0.29) is 0 Å². The van der Waals surface area contributed by atoms with E-state index >= 15 is 0 Å². The van der Waals surface area contributed by atoms with Crippen molar-refractivity contribution in [2.75, 3.05) is 0 Å². The van der Waals surface area contributed by atoms with Crippen LogP contribution in [0.15, 0.2) is 150 Å². The van der Waals surface area contributed by atoms with Crippen LogP contribution in [0.3, 0.4) is 0 Å². The SMILES string of the molecule is c1ccc2c(c1)ccc1c3cc(-c4ccc5c(c4)c4ccccc4c4c6ccccc6c6ccccc6c54)ccc3oc21. The van der Waals surface area contributed by atoms with E-state index in [1.54, 1.807) is 0 Å². The van der Waals surface area contributed by atoms with Crippen LogP contribution in [-0.2, 0) is 0 Å². The molecule has 1 heterocycles. The molecule has 0 aliphatic carbocycles. The second-order valence-electron chi connectivity index (χ2n) is 11.6. The summed E-state index contributed by atoms with van der Waals surface area (Å²) in [5.41, 5.74) is 4.28. The Balaban J connectivity index is 1.30. The van der Waals surface area contributed by atoms with E-state index in [4.69, 9.17) is 4.42 Å². The highest BCUT2D eigenvalue weighted by Crippen LogP contribution is 2.45. The zero-order chi connectivity index (χ0) is 28.1. The minimum absolute atomic E-state index is 0.922. The van der Waals surface area contributed by atoms with Gasteiger partial charge in [0, 0.05) is 16.2 Å². The maximum Gasteiger partial charge on any atom is 0.143 e. The molecule has 10 aromatic rings. The smallest absolute Gasteiger partial charge is 0.143 e. The van der Waals surface area contributed by atoms with E-state index in [9.17, 15) is 0 Å². The van der Waals surface area contributed by atoms with Gasteiger partial charge in [0.25, 0.3) is 0 Å². The first-order valence-electron chi connectivity index (χ1n) is 14.9. The fourth-order valence-electron chi connectivity index (χ4n) is 7.49. The zero-order valence-electron chi connectivity index (χ0n) is 23.3. The molecular formula is C42H24O. The topological polar surface area (TPSA) is 13.1 Å². The van der Waals surface area contributed by atoms with Crippen LogP contribution in [0, 0.1) is 0 Å². The molecule has 0 bridgehead atoms. The van der Waals surface area contributed by atoms with Gasteiger partial charge in [0.2, 0.25) is 0 Å². The van der Waals surface area contributed by atoms with Crippen molar-refractivity contribution in [3.05, 3.63) is 146 Å². The molecule has 0 saturated carbocycles. The third-order valence-corrected chi connectivity index (χ3v) is 9.40. The molecule has 0 aliphatic rings. The quantitative estimate of drug-likeness (QED) is 0.187. The summed E-state index contributed by atoms with van der Waals surface area (Å²) >= 11 is 0. The summed E-state index contributed by atoms with van der Waals surface area (Å²) in [7, 11) is 0. The van der Waals surface area contributed by atoms with Crippen molar-refractivity contribution in [2.24, 2.45) is 0 Å². The van der Waals surface area contributed by atoms with Gasteiger partial charge in [-0.25, -0.2) is 0 Å². The molecule has 0 saturated heterocycles. The lowest BCUT2D eigenvalue weighted by atomic mass is 9.86. The molecule has 0 fully saturated rings. The van der Waals surface area contributed by atoms with Crippen molar-refractivity contribution < 1.29 is 4.42 Å². The molecule has 0 N–H and O–H groups in total. The Morgan fingerprint density at radius 1 is 0.302 bits per heavy atom. The molecule has 43 heavy (non-hydrogen) atoms. The lowest BCUT2D eigenvalue weighted by molar-refractivity contribution is 0.672. The monoisotopic (exact) mass is 544 g/mol. The number of furan rings is 1. The van der Waals surface area contributed by atoms with Gasteiger partial charge < -0.3 is 4.42 Å². The lowest BCUT2D eigenvalue weighted by Gasteiger charge is -2.17. The van der Waals surface area contributed by atoms with Gasteiger partial charge in [0.1, 0.15) is 11.2 Å². The van der Waals surface area contributed by atoms with Crippen LogP contribution in [0.4, 0.5) is 0 Å². The second-order valence-corrected chi connectivity index (χ2v) is 11.6. The van der Waals surface area contributed by atoms with Crippen LogP contribution in [0.5, 0.6) is 0 Å². The fourth-order valence-corrected chi connectivity index (χ4v) is 7.49. The predicted octanol–water partition coefficient (Wildman–Crippen LogP) is 12.2. The lowest BCUT2D eigenvalue weighted by Crippen LogP contribution is -1.89. The predicted molar refractivity (Wildman–Crippen MR) is 184 cm³/mol. The summed E-state index contributed by atoms with van der Waals surface area (Å²) in [6.45, 7) is 0. The van der Waals surface area contributed by atoms with Gasteiger partial charge >= 0.3 is 0 Å². The number of fused-ring (bicyclic) bond motifs is 16. The van der Waals surface area contributed by atoms with E-state index in [0.717, 1.165) is 27.3 Å². The Hall–Kier alpha value is -5.66. The third kappa shape index (κ3) is 3.11. The van der Waals surface area contributed by atoms with Crippen molar-refractivity contribution in [1.29, 1.82) is 0 Å². The van der Waals surface area contributed by atoms with Crippen LogP contribution >= 0.6 is 0 Å². The molecule has 1 heteroatoms. The van der Waals surface area contributed by atoms with E-state index < -0.39 is 0 Å². The largest absolute Gasteiger partial charge is 0.455 e. The van der Waals surface area contributed by atoms with Crippen LogP contribution in [0.2, 0.25) is 0 Å². The summed E-state index contributed by atoms with van der Waals surface area (Å²) < 4.78 is 6.41. The highest BCUT2D eigenvalue weighted by molar-refractivity contribution is 6.39. The average Bonchev–Trinajstić information content (AvgIpc) is 3.46. The summed E-state index contributed by atoms with van der Waals surface area (Å²) in [6.07, 6.45) is 0. The summed E-state index contributed by atoms with van der Waals surface area (Å²) in [5.74, 6) is 0. The summed E-state index contributed by atoms with van der Waals surface area (Å²) in [5, 5.41) is 17.7. The third-order valence-electron chi connectivity index (χ3n) is 9.40. The molecule has 0 spiro atoms. The summed E-state index contributed by atoms with van der Waals surface area (Å²) in [6, 6.07) is 53.1. The van der Waals surface area contributed by atoms with Gasteiger partial charge in [0.05, 0.1) is 0 Å². The number of hydrogen-bond donors (Lipinski definition) is 0. The maximum absolute atomic E-state index is 6.41. The van der Waals surface area contributed by atoms with Gasteiger partial charge in [-0.2, -0.15) is 0 Å². The maximum atomic E-state index is 6.41. The standard InChI is InChI=1S/C42H24O/c1-2-10-28-25(9-1)17-21-36-38-24-27(19-22-39(38)43-42(28)36)26-18-20-35-37(23-26)31-13-5-8-16-34(31)40-32-14-6-3-11-29(32)30-12-4-7-15-33(30)41(35)40/h1-24H. The molecule has 0 amide bonds. The van der Waals surface area contributed by atoms with Crippen molar-refractivity contribution in [1.82, 2.24) is 0 Å². The highest BCUT2D eigenvalue weighted by Gasteiger charge is 2.17. The minimum atomic E-state index is 0.922. The molecule has 0 radical (unpaired) electrons. The second kappa shape index (κ2) is 8.44. The number of rotatable bonds is 1. The van der Waals surface area contributed by atoms with Gasteiger partial charge in [-0.15, -0.1) is 0 Å². The minimum Gasteiger partial charge on any atom is -0.455 e. The zero-order valence-corrected chi connectivity index (χ0v) is 23.3. The highest BCUT2D eigenvalue weighted by atomic mass is 16.3. The van der Waals surface area contributed by atoms with E-state index in [2.05, 4.69) is 146 Å². The first kappa shape index (κ1) is 23.0. The Morgan fingerprint density at radius 3 is 1.42 bits per heavy atom. The van der Waals surface area contributed by atoms with E-state index in [1.165, 1.54) is 70.4 Å². The van der Waals surface area contributed by atoms with Crippen molar-refractivity contribution in [2.45, 2.75) is 0 Å². The molecule has 9 aromatic carbocycles. The Morgan fingerprint density at radius 2 is 0.767 bits per heavy atom. The van der Waals surface area contributed by atoms with Crippen molar-refractivity contribution in [3.63, 3.8) is 0 Å². The van der Waals surface area contributed by atoms with Gasteiger partial charge in [-0.05, 0) is 94.6 Å². The van der Waals surface area contributed by atoms with Crippen LogP contribution < -0.4 is 0 Å². The molecule has 10 rings (SSSR count). The van der Waals surface area contributed by atoms with Crippen molar-refractivity contribution >= 4 is 86.6 Å². The molecule has 0 unspecified atom stereocenters. The Kier molecular flexibility index (Phi) is 4.51. The molecule has 0 atom stereocenters. The molecule has 1 nitrogen and oxygen atoms in total. The van der Waals surface area contributed by atoms with Gasteiger partial charge in [-0.1, -0.05) is 121 Å². The molecule has 1 aromatic heterocycles. The molecule has 0 aliphatic heterocycles. The van der Waals surface area contributed by atoms with Gasteiger partial charge in [0.15, 0.2) is 0 Å². The first-order chi connectivity index (χ1) is 21.3. The van der Waals surface area contributed by atoms with Gasteiger partial charge in [-0.3, -0.25) is 0 Å². The van der Waals surface area contributed by atoms with Crippen LogP contribution in [0.25, 0.3) is 97.7 Å².